The van der Waals surface area contributed by atoms with Crippen molar-refractivity contribution >= 4 is 66.4 Å². The number of aromatic nitrogens is 8. The number of rotatable bonds is 19. The first kappa shape index (κ1) is 58.9. The van der Waals surface area contributed by atoms with Crippen LogP contribution in [-0.2, 0) is 64.2 Å². The number of hydrogen-bond donors (Lipinski definition) is 4. The van der Waals surface area contributed by atoms with E-state index < -0.39 is 0 Å². The fraction of sp³-hybridized carbons (Fsp3) is 0.514. The Kier molecular flexibility index (Phi) is 17.9. The van der Waals surface area contributed by atoms with E-state index in [1.807, 2.05) is 0 Å². The van der Waals surface area contributed by atoms with Gasteiger partial charge in [-0.1, -0.05) is 111 Å². The van der Waals surface area contributed by atoms with Gasteiger partial charge < -0.3 is 19.9 Å². The summed E-state index contributed by atoms with van der Waals surface area (Å²) in [5.41, 5.74) is 38.4. The maximum atomic E-state index is 6.03. The molecule has 0 fully saturated rings. The van der Waals surface area contributed by atoms with Crippen molar-refractivity contribution < 1.29 is 0 Å². The Balaban J connectivity index is 1.36. The summed E-state index contributed by atoms with van der Waals surface area (Å²) in [6, 6.07) is 14.5. The molecule has 0 saturated heterocycles. The Morgan fingerprint density at radius 1 is 0.280 bits per heavy atom. The fourth-order valence-corrected chi connectivity index (χ4v) is 16.2. The largest absolute Gasteiger partial charge is 0.355 e. The topological polar surface area (TPSA) is 115 Å². The van der Waals surface area contributed by atoms with E-state index in [9.17, 15) is 0 Å². The lowest BCUT2D eigenvalue weighted by Gasteiger charge is -2.21. The molecule has 4 N–H and O–H groups in total. The second kappa shape index (κ2) is 24.9. The SMILES string of the molecule is CCC1=C(CC)c2cc3[nH]c(c(CCc4c5nc(cc6[nH]c(cc7[nH]c(cc8nc4[C@H](CC)[C@H]8CC)c(CC)c7CC)c(CC)c6CC)C(CC)=C5CC)c4nc(cc5[nH]c(cc1n2)c(CC)c5CC)[C@H](CC)[C@H]4CC)c(CC)c3CC. The number of fused-ring (bicyclic) bond motifs is 16. The molecule has 10 heterocycles. The van der Waals surface area contributed by atoms with Crippen molar-refractivity contribution in [2.24, 2.45) is 0 Å². The predicted octanol–water partition coefficient (Wildman–Crippen LogP) is 20.1. The van der Waals surface area contributed by atoms with Crippen LogP contribution in [0, 0.1) is 0 Å². The molecular weight excluding hydrogens is 1000 g/mol. The zero-order chi connectivity index (χ0) is 58.3. The minimum Gasteiger partial charge on any atom is -0.355 e. The van der Waals surface area contributed by atoms with E-state index in [0.717, 1.165) is 138 Å². The summed E-state index contributed by atoms with van der Waals surface area (Å²) in [5.74, 6) is 1.10. The average Bonchev–Trinajstić information content (AvgIpc) is 4.55. The van der Waals surface area contributed by atoms with Gasteiger partial charge in [-0.3, -0.25) is 9.97 Å². The molecule has 6 aromatic rings. The highest BCUT2D eigenvalue weighted by Gasteiger charge is 2.36. The van der Waals surface area contributed by atoms with Crippen molar-refractivity contribution in [3.8, 4) is 0 Å². The van der Waals surface area contributed by atoms with Crippen molar-refractivity contribution in [3.63, 3.8) is 0 Å². The molecule has 434 valence electrons. The highest BCUT2D eigenvalue weighted by molar-refractivity contribution is 5.95. The number of aromatic amines is 4. The summed E-state index contributed by atoms with van der Waals surface area (Å²) in [6.07, 6.45) is 16.9. The summed E-state index contributed by atoms with van der Waals surface area (Å²) in [5, 5.41) is 0. The lowest BCUT2D eigenvalue weighted by Crippen LogP contribution is -2.10. The maximum absolute atomic E-state index is 6.03. The van der Waals surface area contributed by atoms with E-state index in [0.29, 0.717) is 5.92 Å². The van der Waals surface area contributed by atoms with Gasteiger partial charge in [-0.2, -0.15) is 0 Å². The molecule has 0 amide bonds. The molecule has 10 rings (SSSR count). The van der Waals surface area contributed by atoms with E-state index >= 15 is 0 Å². The zero-order valence-corrected chi connectivity index (χ0v) is 53.3. The van der Waals surface area contributed by atoms with Crippen molar-refractivity contribution in [1.82, 2.24) is 39.9 Å². The smallest absolute Gasteiger partial charge is 0.0722 e. The lowest BCUT2D eigenvalue weighted by atomic mass is 9.81. The number of hydrogen-bond acceptors (Lipinski definition) is 4. The molecule has 4 aliphatic heterocycles. The molecule has 0 radical (unpaired) electrons. The van der Waals surface area contributed by atoms with Crippen LogP contribution in [0.1, 0.15) is 287 Å². The Bertz CT molecular complexity index is 3820. The summed E-state index contributed by atoms with van der Waals surface area (Å²) in [4.78, 5) is 39.9. The Labute approximate surface area is 491 Å². The highest BCUT2D eigenvalue weighted by atomic mass is 14.8. The number of aryl methyl sites for hydroxylation is 9. The molecule has 16 bridgehead atoms. The van der Waals surface area contributed by atoms with Crippen LogP contribution in [0.4, 0.5) is 0 Å². The van der Waals surface area contributed by atoms with Gasteiger partial charge in [-0.25, -0.2) is 9.97 Å². The lowest BCUT2D eigenvalue weighted by molar-refractivity contribution is 0.527. The first-order valence-electron chi connectivity index (χ1n) is 33.0. The molecule has 82 heavy (non-hydrogen) atoms. The molecule has 6 aromatic heterocycles. The van der Waals surface area contributed by atoms with Gasteiger partial charge in [0.1, 0.15) is 0 Å². The number of nitrogens with one attached hydrogen (secondary N) is 4. The predicted molar refractivity (Wildman–Crippen MR) is 351 cm³/mol. The minimum absolute atomic E-state index is 0.256. The third kappa shape index (κ3) is 9.87. The molecule has 0 aromatic carbocycles. The standard InChI is InChI=1S/C74H98N8/c1-17-41-45(21-5)63-37-67-49(25-9)53(29-13)71(79-67)57(72-54(30-14)50(26-10)68(80-72)38-64-46(22-6)42(18-2)60(76-64)35-59(41)75-63)33-34-58-73-55(31-15)51(27-11)69(81-73)39-65-47(23-7)43(19-3)61(77-65)36-62-44(20-4)48(24-8)66(78-62)40-70-52(28-12)56(32-16)74(58)82-70/h35-40,49,51,53,55,75-77,82H,17-34H2,1-16H3/t49-,51-,53-,55-/m1/s1. The third-order valence-electron chi connectivity index (χ3n) is 20.0. The molecule has 0 aliphatic carbocycles. The summed E-state index contributed by atoms with van der Waals surface area (Å²) in [7, 11) is 0. The fourth-order valence-electron chi connectivity index (χ4n) is 16.2. The van der Waals surface area contributed by atoms with Gasteiger partial charge in [0.15, 0.2) is 0 Å². The average molecular weight is 1100 g/mol. The first-order valence-corrected chi connectivity index (χ1v) is 33.0. The van der Waals surface area contributed by atoms with E-state index in [-0.39, 0.29) is 17.8 Å². The second-order valence-corrected chi connectivity index (χ2v) is 23.7. The molecule has 4 aliphatic rings. The number of nitrogens with zero attached hydrogens (tertiary/aromatic N) is 4. The van der Waals surface area contributed by atoms with Crippen LogP contribution in [0.2, 0.25) is 0 Å². The Hall–Kier alpha value is -6.28. The van der Waals surface area contributed by atoms with Crippen LogP contribution in [0.3, 0.4) is 0 Å². The van der Waals surface area contributed by atoms with E-state index in [4.69, 9.17) is 19.9 Å². The molecular formula is C74H98N8. The molecule has 8 nitrogen and oxygen atoms in total. The van der Waals surface area contributed by atoms with Crippen LogP contribution < -0.4 is 0 Å². The summed E-state index contributed by atoms with van der Waals surface area (Å²) >= 11 is 0. The molecule has 0 unspecified atom stereocenters. The van der Waals surface area contributed by atoms with Gasteiger partial charge in [0.2, 0.25) is 0 Å². The van der Waals surface area contributed by atoms with E-state index in [2.05, 4.69) is 167 Å². The van der Waals surface area contributed by atoms with Gasteiger partial charge in [-0.15, -0.1) is 0 Å². The normalized spacial score (nSPS) is 17.3. The van der Waals surface area contributed by atoms with Crippen molar-refractivity contribution in [2.75, 3.05) is 0 Å². The van der Waals surface area contributed by atoms with Crippen LogP contribution in [0.15, 0.2) is 36.4 Å². The summed E-state index contributed by atoms with van der Waals surface area (Å²) in [6.45, 7) is 37.5. The highest BCUT2D eigenvalue weighted by Crippen LogP contribution is 2.48. The van der Waals surface area contributed by atoms with E-state index in [1.54, 1.807) is 0 Å². The number of H-pyrrole nitrogens is 4. The van der Waals surface area contributed by atoms with Crippen molar-refractivity contribution in [2.45, 2.75) is 250 Å². The maximum Gasteiger partial charge on any atom is 0.0722 e. The first-order chi connectivity index (χ1) is 39.9. The van der Waals surface area contributed by atoms with Gasteiger partial charge in [0.05, 0.1) is 22.8 Å². The zero-order valence-electron chi connectivity index (χ0n) is 53.3. The molecule has 8 heteroatoms. The van der Waals surface area contributed by atoms with Crippen LogP contribution in [0.25, 0.3) is 66.4 Å². The summed E-state index contributed by atoms with van der Waals surface area (Å²) < 4.78 is 0. The Morgan fingerprint density at radius 3 is 0.976 bits per heavy atom. The van der Waals surface area contributed by atoms with Gasteiger partial charge in [0.25, 0.3) is 0 Å². The van der Waals surface area contributed by atoms with Crippen molar-refractivity contribution in [3.05, 3.63) is 138 Å². The molecule has 0 saturated carbocycles. The van der Waals surface area contributed by atoms with Crippen LogP contribution in [-0.4, -0.2) is 39.9 Å². The molecule has 0 spiro atoms. The van der Waals surface area contributed by atoms with Gasteiger partial charge in [-0.05, 0) is 224 Å². The molecule has 4 atom stereocenters. The van der Waals surface area contributed by atoms with Gasteiger partial charge >= 0.3 is 0 Å². The van der Waals surface area contributed by atoms with Crippen LogP contribution >= 0.6 is 0 Å². The van der Waals surface area contributed by atoms with Crippen molar-refractivity contribution in [1.29, 1.82) is 0 Å². The van der Waals surface area contributed by atoms with Gasteiger partial charge in [0, 0.05) is 96.1 Å². The minimum atomic E-state index is 0.256. The number of allylic oxidation sites excluding steroid dienone is 4. The van der Waals surface area contributed by atoms with Crippen LogP contribution in [0.5, 0.6) is 0 Å². The third-order valence-corrected chi connectivity index (χ3v) is 20.0. The monoisotopic (exact) mass is 1100 g/mol. The second-order valence-electron chi connectivity index (χ2n) is 23.7. The van der Waals surface area contributed by atoms with E-state index in [1.165, 1.54) is 145 Å². The Morgan fingerprint density at radius 2 is 0.598 bits per heavy atom. The quantitative estimate of drug-likeness (QED) is 0.0647.